The number of nitro groups is 1. The fourth-order valence-electron chi connectivity index (χ4n) is 2.04. The summed E-state index contributed by atoms with van der Waals surface area (Å²) in [6, 6.07) is 11.6. The molecule has 0 aromatic heterocycles. The number of nitro benzene ring substituents is 1. The lowest BCUT2D eigenvalue weighted by molar-refractivity contribution is -0.384. The summed E-state index contributed by atoms with van der Waals surface area (Å²) in [6.07, 6.45) is 1.30. The van der Waals surface area contributed by atoms with Crippen LogP contribution in [0.5, 0.6) is 5.75 Å². The van der Waals surface area contributed by atoms with Crippen LogP contribution in [0, 0.1) is 21.4 Å². The highest BCUT2D eigenvalue weighted by atomic mass is 32.2. The summed E-state index contributed by atoms with van der Waals surface area (Å²) in [6.45, 7) is 1.75. The molecule has 144 valence electrons. The van der Waals surface area contributed by atoms with Gasteiger partial charge in [-0.25, -0.2) is 4.79 Å². The van der Waals surface area contributed by atoms with Crippen LogP contribution in [0.2, 0.25) is 0 Å². The Hall–Kier alpha value is -3.71. The van der Waals surface area contributed by atoms with Crippen molar-refractivity contribution >= 4 is 27.9 Å². The minimum Gasteiger partial charge on any atom is -0.462 e. The van der Waals surface area contributed by atoms with Crippen LogP contribution in [-0.2, 0) is 19.6 Å². The first-order valence-electron chi connectivity index (χ1n) is 7.84. The van der Waals surface area contributed by atoms with Gasteiger partial charge in [0.2, 0.25) is 0 Å². The molecule has 28 heavy (non-hydrogen) atoms. The first-order valence-corrected chi connectivity index (χ1v) is 9.25. The minimum atomic E-state index is -4.18. The van der Waals surface area contributed by atoms with E-state index in [4.69, 9.17) is 14.2 Å². The molecule has 0 unspecified atom stereocenters. The third-order valence-corrected chi connectivity index (χ3v) is 4.61. The van der Waals surface area contributed by atoms with Crippen LogP contribution in [0.4, 0.5) is 5.69 Å². The molecule has 2 aromatic rings. The zero-order valence-electron chi connectivity index (χ0n) is 14.6. The lowest BCUT2D eigenvalue weighted by Crippen LogP contribution is -2.09. The van der Waals surface area contributed by atoms with Crippen molar-refractivity contribution in [1.82, 2.24) is 0 Å². The molecule has 0 atom stereocenters. The Balaban J connectivity index is 2.18. The average Bonchev–Trinajstić information content (AvgIpc) is 2.67. The first kappa shape index (κ1) is 20.6. The molecule has 0 saturated carbocycles. The van der Waals surface area contributed by atoms with Crippen LogP contribution >= 0.6 is 0 Å². The molecule has 0 radical (unpaired) electrons. The van der Waals surface area contributed by atoms with Gasteiger partial charge in [0.15, 0.2) is 0 Å². The van der Waals surface area contributed by atoms with Gasteiger partial charge in [0.05, 0.1) is 11.5 Å². The van der Waals surface area contributed by atoms with E-state index in [0.29, 0.717) is 5.56 Å². The SMILES string of the molecule is CCOC(=O)C(C#N)=Cc1ccc(OS(=O)(=O)c2ccc([N+](=O)[O-])cc2)cc1. The van der Waals surface area contributed by atoms with Crippen molar-refractivity contribution in [2.24, 2.45) is 0 Å². The van der Waals surface area contributed by atoms with E-state index >= 15 is 0 Å². The molecule has 2 rings (SSSR count). The Labute approximate surface area is 160 Å². The van der Waals surface area contributed by atoms with Crippen molar-refractivity contribution in [3.8, 4) is 11.8 Å². The molecular formula is C18H14N2O7S. The summed E-state index contributed by atoms with van der Waals surface area (Å²) in [4.78, 5) is 21.3. The van der Waals surface area contributed by atoms with Crippen molar-refractivity contribution in [2.45, 2.75) is 11.8 Å². The predicted octanol–water partition coefficient (Wildman–Crippen LogP) is 2.83. The fraction of sp³-hybridized carbons (Fsp3) is 0.111. The van der Waals surface area contributed by atoms with Crippen molar-refractivity contribution < 1.29 is 27.1 Å². The zero-order valence-corrected chi connectivity index (χ0v) is 15.4. The van der Waals surface area contributed by atoms with Gasteiger partial charge in [0.25, 0.3) is 5.69 Å². The quantitative estimate of drug-likeness (QED) is 0.172. The van der Waals surface area contributed by atoms with Gasteiger partial charge in [0, 0.05) is 12.1 Å². The van der Waals surface area contributed by atoms with E-state index in [2.05, 4.69) is 0 Å². The highest BCUT2D eigenvalue weighted by Gasteiger charge is 2.18. The molecule has 0 bridgehead atoms. The maximum Gasteiger partial charge on any atom is 0.348 e. The van der Waals surface area contributed by atoms with Crippen LogP contribution in [0.15, 0.2) is 59.0 Å². The predicted molar refractivity (Wildman–Crippen MR) is 97.6 cm³/mol. The molecular weight excluding hydrogens is 388 g/mol. The van der Waals surface area contributed by atoms with E-state index in [1.165, 1.54) is 30.3 Å². The Morgan fingerprint density at radius 3 is 2.29 bits per heavy atom. The normalized spacial score (nSPS) is 11.4. The van der Waals surface area contributed by atoms with Gasteiger partial charge in [-0.05, 0) is 42.8 Å². The van der Waals surface area contributed by atoms with Crippen LogP contribution in [0.3, 0.4) is 0 Å². The van der Waals surface area contributed by atoms with Crippen molar-refractivity contribution in [2.75, 3.05) is 6.61 Å². The van der Waals surface area contributed by atoms with Crippen LogP contribution in [0.25, 0.3) is 6.08 Å². The molecule has 0 spiro atoms. The zero-order chi connectivity index (χ0) is 20.7. The van der Waals surface area contributed by atoms with Crippen LogP contribution in [-0.4, -0.2) is 25.9 Å². The third kappa shape index (κ3) is 5.15. The minimum absolute atomic E-state index is 0.00912. The Morgan fingerprint density at radius 2 is 1.79 bits per heavy atom. The molecule has 0 aliphatic rings. The molecule has 0 heterocycles. The van der Waals surface area contributed by atoms with Gasteiger partial charge < -0.3 is 8.92 Å². The molecule has 0 amide bonds. The topological polar surface area (TPSA) is 137 Å². The average molecular weight is 402 g/mol. The van der Waals surface area contributed by atoms with Gasteiger partial charge in [-0.15, -0.1) is 0 Å². The second-order valence-electron chi connectivity index (χ2n) is 5.25. The smallest absolute Gasteiger partial charge is 0.348 e. The van der Waals surface area contributed by atoms with E-state index in [1.54, 1.807) is 13.0 Å². The third-order valence-electron chi connectivity index (χ3n) is 3.35. The second-order valence-corrected chi connectivity index (χ2v) is 6.79. The maximum atomic E-state index is 12.2. The van der Waals surface area contributed by atoms with E-state index in [1.807, 2.05) is 0 Å². The number of hydrogen-bond acceptors (Lipinski definition) is 8. The van der Waals surface area contributed by atoms with E-state index in [9.17, 15) is 23.3 Å². The van der Waals surface area contributed by atoms with Crippen LogP contribution < -0.4 is 4.18 Å². The molecule has 0 aliphatic heterocycles. The molecule has 0 N–H and O–H groups in total. The van der Waals surface area contributed by atoms with Gasteiger partial charge in [-0.3, -0.25) is 10.1 Å². The number of rotatable bonds is 7. The fourth-order valence-corrected chi connectivity index (χ4v) is 2.97. The Morgan fingerprint density at radius 1 is 1.18 bits per heavy atom. The van der Waals surface area contributed by atoms with E-state index in [0.717, 1.165) is 24.3 Å². The first-order chi connectivity index (χ1) is 13.3. The number of benzene rings is 2. The number of ether oxygens (including phenoxy) is 1. The summed E-state index contributed by atoms with van der Waals surface area (Å²) in [5.41, 5.74) is 0.0173. The monoisotopic (exact) mass is 402 g/mol. The Kier molecular flexibility index (Phi) is 6.46. The number of hydrogen-bond donors (Lipinski definition) is 0. The standard InChI is InChI=1S/C18H14N2O7S/c1-2-26-18(21)14(12-19)11-13-3-7-16(8-4-13)27-28(24,25)17-9-5-15(6-10-17)20(22)23/h3-11H,2H2,1H3. The molecule has 2 aromatic carbocycles. The number of esters is 1. The number of carbonyl (C=O) groups is 1. The lowest BCUT2D eigenvalue weighted by Gasteiger charge is -2.07. The van der Waals surface area contributed by atoms with Gasteiger partial charge in [-0.1, -0.05) is 12.1 Å². The van der Waals surface area contributed by atoms with Crippen molar-refractivity contribution in [3.05, 3.63) is 69.8 Å². The van der Waals surface area contributed by atoms with Crippen molar-refractivity contribution in [3.63, 3.8) is 0 Å². The molecule has 0 saturated heterocycles. The van der Waals surface area contributed by atoms with Gasteiger partial charge in [0.1, 0.15) is 22.3 Å². The summed E-state index contributed by atoms with van der Waals surface area (Å²) in [5.74, 6) is -0.767. The summed E-state index contributed by atoms with van der Waals surface area (Å²) >= 11 is 0. The van der Waals surface area contributed by atoms with Crippen LogP contribution in [0.1, 0.15) is 12.5 Å². The van der Waals surface area contributed by atoms with E-state index in [-0.39, 0.29) is 28.5 Å². The molecule has 0 aliphatic carbocycles. The maximum absolute atomic E-state index is 12.2. The molecule has 9 nitrogen and oxygen atoms in total. The second kappa shape index (κ2) is 8.79. The molecule has 10 heteroatoms. The lowest BCUT2D eigenvalue weighted by atomic mass is 10.1. The van der Waals surface area contributed by atoms with E-state index < -0.39 is 21.0 Å². The number of nitriles is 1. The van der Waals surface area contributed by atoms with Crippen molar-refractivity contribution in [1.29, 1.82) is 5.26 Å². The number of non-ortho nitro benzene ring substituents is 1. The number of nitrogens with zero attached hydrogens (tertiary/aromatic N) is 2. The summed E-state index contributed by atoms with van der Waals surface area (Å²) in [5, 5.41) is 19.6. The largest absolute Gasteiger partial charge is 0.462 e. The number of carbonyl (C=O) groups excluding carboxylic acids is 1. The van der Waals surface area contributed by atoms with Gasteiger partial charge >= 0.3 is 16.1 Å². The highest BCUT2D eigenvalue weighted by molar-refractivity contribution is 7.87. The van der Waals surface area contributed by atoms with Gasteiger partial charge in [-0.2, -0.15) is 13.7 Å². The summed E-state index contributed by atoms with van der Waals surface area (Å²) < 4.78 is 34.2. The molecule has 0 fully saturated rings. The highest BCUT2D eigenvalue weighted by Crippen LogP contribution is 2.22. The Bertz CT molecular complexity index is 1050. The summed E-state index contributed by atoms with van der Waals surface area (Å²) in [7, 11) is -4.18.